The first kappa shape index (κ1) is 21.1. The van der Waals surface area contributed by atoms with E-state index in [1.807, 2.05) is 34.9 Å². The van der Waals surface area contributed by atoms with Gasteiger partial charge in [0.25, 0.3) is 5.56 Å². The highest BCUT2D eigenvalue weighted by Gasteiger charge is 2.21. The Morgan fingerprint density at radius 2 is 1.85 bits per heavy atom. The Kier molecular flexibility index (Phi) is 5.64. The smallest absolute Gasteiger partial charge is 0.280 e. The van der Waals surface area contributed by atoms with E-state index in [2.05, 4.69) is 20.2 Å². The molecule has 0 amide bonds. The van der Waals surface area contributed by atoms with Crippen LogP contribution < -0.4 is 20.3 Å². The van der Waals surface area contributed by atoms with Crippen LogP contribution in [0.3, 0.4) is 0 Å². The molecule has 4 aromatic rings. The van der Waals surface area contributed by atoms with Gasteiger partial charge in [0.05, 0.1) is 17.4 Å². The number of oxazole rings is 1. The van der Waals surface area contributed by atoms with E-state index in [1.54, 1.807) is 6.20 Å². The van der Waals surface area contributed by atoms with Crippen LogP contribution in [0.25, 0.3) is 22.0 Å². The number of likely N-dealkylation sites (tertiary alicyclic amines) is 1. The summed E-state index contributed by atoms with van der Waals surface area (Å²) in [5.74, 6) is 1.50. The Morgan fingerprint density at radius 1 is 1.03 bits per heavy atom. The van der Waals surface area contributed by atoms with Gasteiger partial charge < -0.3 is 28.7 Å². The minimum atomic E-state index is -0.0917. The first-order valence-corrected chi connectivity index (χ1v) is 11.8. The summed E-state index contributed by atoms with van der Waals surface area (Å²) >= 11 is 0. The van der Waals surface area contributed by atoms with Crippen molar-refractivity contribution in [3.63, 3.8) is 0 Å². The van der Waals surface area contributed by atoms with Gasteiger partial charge in [0.15, 0.2) is 29.0 Å². The summed E-state index contributed by atoms with van der Waals surface area (Å²) in [7, 11) is 0. The first-order chi connectivity index (χ1) is 16.8. The molecule has 0 bridgehead atoms. The minimum absolute atomic E-state index is 0.0917. The molecule has 3 aromatic heterocycles. The van der Waals surface area contributed by atoms with Gasteiger partial charge in [0.2, 0.25) is 0 Å². The second kappa shape index (κ2) is 9.08. The summed E-state index contributed by atoms with van der Waals surface area (Å²) in [6.45, 7) is 5.29. The topological polar surface area (TPSA) is 94.7 Å². The van der Waals surface area contributed by atoms with E-state index >= 15 is 0 Å². The molecule has 0 spiro atoms. The van der Waals surface area contributed by atoms with E-state index in [4.69, 9.17) is 13.9 Å². The van der Waals surface area contributed by atoms with E-state index in [0.29, 0.717) is 43.4 Å². The molecule has 1 saturated heterocycles. The minimum Gasteiger partial charge on any atom is -0.486 e. The predicted octanol–water partition coefficient (Wildman–Crippen LogP) is 2.56. The zero-order chi connectivity index (χ0) is 22.9. The highest BCUT2D eigenvalue weighted by Crippen LogP contribution is 2.29. The Balaban J connectivity index is 1.06. The molecule has 9 heteroatoms. The molecule has 2 aliphatic rings. The van der Waals surface area contributed by atoms with Gasteiger partial charge in [-0.2, -0.15) is 0 Å². The largest absolute Gasteiger partial charge is 0.486 e. The third kappa shape index (κ3) is 4.01. The fraction of sp³-hybridized carbons (Fsp3) is 0.400. The van der Waals surface area contributed by atoms with E-state index in [-0.39, 0.29) is 5.56 Å². The number of hydrogen-bond donors (Lipinski definition) is 1. The zero-order valence-electron chi connectivity index (χ0n) is 18.9. The van der Waals surface area contributed by atoms with Gasteiger partial charge in [-0.25, -0.2) is 4.98 Å². The normalized spacial score (nSPS) is 16.9. The van der Waals surface area contributed by atoms with Crippen LogP contribution in [0.15, 0.2) is 52.1 Å². The standard InChI is InChI=1S/C25H27N5O4/c31-25-23-24(34-16-28-23)19-3-1-2-4-20(19)30(25)10-9-29-7-5-17(6-8-29)26-14-18-13-21-22(15-27-18)33-12-11-32-21/h1-4,13,15-17,26H,5-12,14H2. The third-order valence-electron chi connectivity index (χ3n) is 6.74. The van der Waals surface area contributed by atoms with Gasteiger partial charge >= 0.3 is 0 Å². The van der Waals surface area contributed by atoms with Gasteiger partial charge in [0.1, 0.15) is 13.2 Å². The van der Waals surface area contributed by atoms with Crippen molar-refractivity contribution >= 4 is 22.0 Å². The fourth-order valence-electron chi connectivity index (χ4n) is 4.89. The van der Waals surface area contributed by atoms with Crippen molar-refractivity contribution in [1.29, 1.82) is 0 Å². The second-order valence-electron chi connectivity index (χ2n) is 8.82. The summed E-state index contributed by atoms with van der Waals surface area (Å²) in [4.78, 5) is 24.1. The number of aromatic nitrogens is 3. The number of fused-ring (bicyclic) bond motifs is 4. The van der Waals surface area contributed by atoms with Crippen LogP contribution >= 0.6 is 0 Å². The SMILES string of the molecule is O=c1c2ncoc2c2ccccc2n1CCN1CCC(NCc2cc3c(cn2)OCCO3)CC1. The zero-order valence-corrected chi connectivity index (χ0v) is 18.9. The molecule has 0 atom stereocenters. The van der Waals surface area contributed by atoms with Gasteiger partial charge in [-0.3, -0.25) is 9.78 Å². The number of rotatable bonds is 6. The second-order valence-corrected chi connectivity index (χ2v) is 8.82. The molecule has 0 radical (unpaired) electrons. The number of para-hydroxylation sites is 1. The Morgan fingerprint density at radius 3 is 2.74 bits per heavy atom. The maximum Gasteiger partial charge on any atom is 0.280 e. The van der Waals surface area contributed by atoms with Crippen molar-refractivity contribution < 1.29 is 13.9 Å². The van der Waals surface area contributed by atoms with Crippen LogP contribution in [0.2, 0.25) is 0 Å². The Bertz CT molecular complexity index is 1370. The van der Waals surface area contributed by atoms with Crippen LogP contribution in [0, 0.1) is 0 Å². The predicted molar refractivity (Wildman–Crippen MR) is 127 cm³/mol. The number of nitrogens with one attached hydrogen (secondary N) is 1. The highest BCUT2D eigenvalue weighted by molar-refractivity contribution is 6.00. The average Bonchev–Trinajstić information content (AvgIpc) is 3.39. The molecule has 34 heavy (non-hydrogen) atoms. The lowest BCUT2D eigenvalue weighted by Crippen LogP contribution is -2.43. The molecular weight excluding hydrogens is 434 g/mol. The molecule has 1 fully saturated rings. The molecular formula is C25H27N5O4. The third-order valence-corrected chi connectivity index (χ3v) is 6.74. The van der Waals surface area contributed by atoms with Gasteiger partial charge in [-0.1, -0.05) is 12.1 Å². The molecule has 6 rings (SSSR count). The number of piperidine rings is 1. The van der Waals surface area contributed by atoms with Crippen molar-refractivity contribution in [2.24, 2.45) is 0 Å². The lowest BCUT2D eigenvalue weighted by Gasteiger charge is -2.32. The molecule has 5 heterocycles. The summed E-state index contributed by atoms with van der Waals surface area (Å²) < 4.78 is 18.5. The van der Waals surface area contributed by atoms with Crippen molar-refractivity contribution in [1.82, 2.24) is 24.8 Å². The van der Waals surface area contributed by atoms with Gasteiger partial charge in [-0.15, -0.1) is 0 Å². The summed E-state index contributed by atoms with van der Waals surface area (Å²) in [5, 5.41) is 4.55. The van der Waals surface area contributed by atoms with E-state index in [9.17, 15) is 4.79 Å². The maximum atomic E-state index is 13.0. The van der Waals surface area contributed by atoms with Crippen LogP contribution in [-0.4, -0.2) is 58.3 Å². The molecule has 1 aromatic carbocycles. The van der Waals surface area contributed by atoms with Crippen LogP contribution in [0.1, 0.15) is 18.5 Å². The molecule has 1 N–H and O–H groups in total. The molecule has 0 saturated carbocycles. The van der Waals surface area contributed by atoms with E-state index in [0.717, 1.165) is 60.6 Å². The van der Waals surface area contributed by atoms with Crippen molar-refractivity contribution in [3.8, 4) is 11.5 Å². The number of nitrogens with zero attached hydrogens (tertiary/aromatic N) is 4. The summed E-state index contributed by atoms with van der Waals surface area (Å²) in [5.41, 5.74) is 2.72. The molecule has 0 unspecified atom stereocenters. The molecule has 176 valence electrons. The van der Waals surface area contributed by atoms with Gasteiger partial charge in [-0.05, 0) is 38.1 Å². The lowest BCUT2D eigenvalue weighted by molar-refractivity contribution is 0.170. The Hall–Kier alpha value is -3.43. The highest BCUT2D eigenvalue weighted by atomic mass is 16.6. The summed E-state index contributed by atoms with van der Waals surface area (Å²) in [6, 6.07) is 10.3. The van der Waals surface area contributed by atoms with Crippen molar-refractivity contribution in [2.75, 3.05) is 32.8 Å². The van der Waals surface area contributed by atoms with Crippen molar-refractivity contribution in [3.05, 3.63) is 59.0 Å². The van der Waals surface area contributed by atoms with E-state index < -0.39 is 0 Å². The summed E-state index contributed by atoms with van der Waals surface area (Å²) in [6.07, 6.45) is 5.21. The average molecular weight is 462 g/mol. The monoisotopic (exact) mass is 461 g/mol. The Labute approximate surface area is 196 Å². The number of pyridine rings is 2. The number of benzene rings is 1. The van der Waals surface area contributed by atoms with Crippen LogP contribution in [0.5, 0.6) is 11.5 Å². The lowest BCUT2D eigenvalue weighted by atomic mass is 10.0. The number of ether oxygens (including phenoxy) is 2. The van der Waals surface area contributed by atoms with Crippen molar-refractivity contribution in [2.45, 2.75) is 32.0 Å². The van der Waals surface area contributed by atoms with Crippen LogP contribution in [0.4, 0.5) is 0 Å². The molecule has 9 nitrogen and oxygen atoms in total. The quantitative estimate of drug-likeness (QED) is 0.468. The van der Waals surface area contributed by atoms with Gasteiger partial charge in [0, 0.05) is 37.1 Å². The van der Waals surface area contributed by atoms with Crippen LogP contribution in [-0.2, 0) is 13.1 Å². The molecule has 2 aliphatic heterocycles. The number of hydrogen-bond acceptors (Lipinski definition) is 8. The fourth-order valence-corrected chi connectivity index (χ4v) is 4.89. The maximum absolute atomic E-state index is 13.0. The van der Waals surface area contributed by atoms with E-state index in [1.165, 1.54) is 6.39 Å². The molecule has 0 aliphatic carbocycles. The first-order valence-electron chi connectivity index (χ1n) is 11.8.